The van der Waals surface area contributed by atoms with Crippen LogP contribution in [0.1, 0.15) is 75.2 Å². The van der Waals surface area contributed by atoms with Crippen molar-refractivity contribution in [2.45, 2.75) is 108 Å². The van der Waals surface area contributed by atoms with Crippen molar-refractivity contribution in [3.63, 3.8) is 0 Å². The highest BCUT2D eigenvalue weighted by atomic mass is 32.2. The fourth-order valence-electron chi connectivity index (χ4n) is 6.26. The number of carbonyl (C=O) groups is 4. The minimum Gasteiger partial charge on any atom is -0.463 e. The molecule has 2 aliphatic rings. The third kappa shape index (κ3) is 12.0. The Balaban J connectivity index is 1.26. The van der Waals surface area contributed by atoms with Gasteiger partial charge >= 0.3 is 23.9 Å². The van der Waals surface area contributed by atoms with Gasteiger partial charge in [0.15, 0.2) is 24.6 Å². The Morgan fingerprint density at radius 3 is 2.04 bits per heavy atom. The molecule has 0 bridgehead atoms. The van der Waals surface area contributed by atoms with E-state index in [1.807, 2.05) is 48.5 Å². The Labute approximate surface area is 333 Å². The van der Waals surface area contributed by atoms with E-state index >= 15 is 0 Å². The molecular formula is C37H45N5O12S2. The normalized spacial score (nSPS) is 24.8. The second-order valence-electron chi connectivity index (χ2n) is 13.2. The van der Waals surface area contributed by atoms with E-state index in [1.165, 1.54) is 25.6 Å². The minimum absolute atomic E-state index is 0.0146. The molecule has 2 fully saturated rings. The van der Waals surface area contributed by atoms with Crippen LogP contribution in [0, 0.1) is 0 Å². The highest BCUT2D eigenvalue weighted by molar-refractivity contribution is 7.99. The molecule has 56 heavy (non-hydrogen) atoms. The van der Waals surface area contributed by atoms with Gasteiger partial charge < -0.3 is 43.6 Å². The average Bonchev–Trinajstić information content (AvgIpc) is 3.58. The Hall–Kier alpha value is -4.53. The van der Waals surface area contributed by atoms with Gasteiger partial charge in [0.1, 0.15) is 18.8 Å². The van der Waals surface area contributed by atoms with Gasteiger partial charge in [0.05, 0.1) is 23.8 Å². The van der Waals surface area contributed by atoms with Crippen LogP contribution in [-0.4, -0.2) is 103 Å². The summed E-state index contributed by atoms with van der Waals surface area (Å²) < 4.78 is 42.4. The molecule has 0 aliphatic carbocycles. The number of nitrogens with zero attached hydrogens (tertiary/aromatic N) is 4. The topological polar surface area (TPSA) is 209 Å². The van der Waals surface area contributed by atoms with E-state index in [1.54, 1.807) is 11.7 Å². The number of rotatable bonds is 15. The maximum Gasteiger partial charge on any atom is 0.303 e. The number of carbonyl (C=O) groups excluding carboxylic acids is 4. The number of aliphatic hydroxyl groups is 1. The van der Waals surface area contributed by atoms with Crippen LogP contribution < -0.4 is 5.32 Å². The van der Waals surface area contributed by atoms with E-state index in [4.69, 9.17) is 45.4 Å². The van der Waals surface area contributed by atoms with Crippen molar-refractivity contribution in [3.8, 4) is 0 Å². The van der Waals surface area contributed by atoms with E-state index in [0.29, 0.717) is 28.9 Å². The van der Waals surface area contributed by atoms with Gasteiger partial charge in [0.2, 0.25) is 5.16 Å². The molecule has 1 unspecified atom stereocenters. The Morgan fingerprint density at radius 1 is 0.839 bits per heavy atom. The lowest BCUT2D eigenvalue weighted by Crippen LogP contribution is -2.62. The molecule has 0 saturated carbocycles. The van der Waals surface area contributed by atoms with E-state index in [9.17, 15) is 24.3 Å². The van der Waals surface area contributed by atoms with E-state index in [0.717, 1.165) is 36.1 Å². The molecule has 302 valence electrons. The van der Waals surface area contributed by atoms with Crippen LogP contribution in [0.15, 0.2) is 53.7 Å². The van der Waals surface area contributed by atoms with Crippen LogP contribution in [0.2, 0.25) is 0 Å². The second-order valence-corrected chi connectivity index (χ2v) is 14.7. The van der Waals surface area contributed by atoms with Crippen molar-refractivity contribution in [3.05, 3.63) is 70.8 Å². The fraction of sp³-hybridized carbons (Fsp3) is 0.514. The van der Waals surface area contributed by atoms with Crippen LogP contribution in [0.25, 0.3) is 0 Å². The summed E-state index contributed by atoms with van der Waals surface area (Å²) >= 11 is 7.16. The number of aryl methyl sites for hydroxylation is 1. The highest BCUT2D eigenvalue weighted by Crippen LogP contribution is 2.39. The number of hydrogen-bond donors (Lipinski definition) is 2. The van der Waals surface area contributed by atoms with Gasteiger partial charge in [0.25, 0.3) is 0 Å². The number of thiocarbonyl (C=S) groups is 1. The predicted molar refractivity (Wildman–Crippen MR) is 200 cm³/mol. The molecule has 0 radical (unpaired) electrons. The number of ether oxygens (including phenoxy) is 7. The molecule has 2 N–H and O–H groups in total. The fourth-order valence-corrected chi connectivity index (χ4v) is 7.37. The monoisotopic (exact) mass is 815 g/mol. The first-order valence-corrected chi connectivity index (χ1v) is 19.2. The summed E-state index contributed by atoms with van der Waals surface area (Å²) in [6.07, 6.45) is -6.27. The molecular weight excluding hydrogens is 771 g/mol. The van der Waals surface area contributed by atoms with Gasteiger partial charge in [-0.25, -0.2) is 4.68 Å². The smallest absolute Gasteiger partial charge is 0.303 e. The molecule has 17 nitrogen and oxygen atoms in total. The van der Waals surface area contributed by atoms with Crippen LogP contribution in [0.5, 0.6) is 0 Å². The third-order valence-electron chi connectivity index (χ3n) is 8.81. The number of tetrazole rings is 1. The second kappa shape index (κ2) is 20.1. The summed E-state index contributed by atoms with van der Waals surface area (Å²) in [6.45, 7) is 4.66. The van der Waals surface area contributed by atoms with E-state index in [-0.39, 0.29) is 31.8 Å². The van der Waals surface area contributed by atoms with Gasteiger partial charge in [-0.15, -0.1) is 5.10 Å². The molecule has 3 aromatic rings. The Kier molecular flexibility index (Phi) is 15.3. The number of esters is 4. The lowest BCUT2D eigenvalue weighted by Gasteiger charge is -2.44. The lowest BCUT2D eigenvalue weighted by molar-refractivity contribution is -0.251. The van der Waals surface area contributed by atoms with Gasteiger partial charge in [-0.3, -0.25) is 19.2 Å². The molecule has 0 spiro atoms. The molecule has 0 amide bonds. The molecule has 2 aromatic carbocycles. The van der Waals surface area contributed by atoms with Crippen molar-refractivity contribution in [1.82, 2.24) is 25.5 Å². The Morgan fingerprint density at radius 2 is 1.45 bits per heavy atom. The summed E-state index contributed by atoms with van der Waals surface area (Å²) in [7, 11) is 1.78. The summed E-state index contributed by atoms with van der Waals surface area (Å²) in [5.41, 5.74) is 3.46. The largest absolute Gasteiger partial charge is 0.463 e. The summed E-state index contributed by atoms with van der Waals surface area (Å²) in [5.74, 6) is -2.13. The zero-order valence-electron chi connectivity index (χ0n) is 31.5. The van der Waals surface area contributed by atoms with Crippen LogP contribution in [0.4, 0.5) is 0 Å². The van der Waals surface area contributed by atoms with Crippen molar-refractivity contribution < 1.29 is 57.4 Å². The SMILES string of the molecule is CC(=O)OC[C@H]1O[C@@H](CC(=S)NCc2ccc(C3O[C@H](CSc4nnnn4C)C[C@H](c4ccc(CO)cc4)O3)cc2)[C@H](OC(C)=O)[C@@H](OC(C)=O)[C@@H]1OC(C)=O. The molecule has 5 rings (SSSR count). The number of hydrogen-bond acceptors (Lipinski definition) is 17. The van der Waals surface area contributed by atoms with Gasteiger partial charge in [-0.1, -0.05) is 72.5 Å². The third-order valence-corrected chi connectivity index (χ3v) is 10.3. The van der Waals surface area contributed by atoms with Gasteiger partial charge in [-0.2, -0.15) is 0 Å². The van der Waals surface area contributed by atoms with Crippen LogP contribution in [0.3, 0.4) is 0 Å². The summed E-state index contributed by atoms with van der Waals surface area (Å²) in [4.78, 5) is 48.4. The van der Waals surface area contributed by atoms with E-state index in [2.05, 4.69) is 20.8 Å². The standard InChI is InChI=1S/C37H45N5O12S2/c1-20(44)48-18-31-34(50-22(3)46)35(51-23(4)47)33(49-21(2)45)30(53-31)15-32(55)38-16-24-6-12-27(13-7-24)36-52-28(19-56-37-39-40-41-42(37)5)14-29(54-36)26-10-8-25(17-43)9-11-26/h6-13,28-31,33-36,43H,14-19H2,1-5H3,(H,38,55)/t28-,29+,30-,31+,33-,34+,35+,36?/m0/s1. The number of nitrogens with one attached hydrogen (secondary N) is 1. The molecule has 2 aliphatic heterocycles. The van der Waals surface area contributed by atoms with Crippen molar-refractivity contribution in [2.75, 3.05) is 12.4 Å². The number of aliphatic hydroxyl groups excluding tert-OH is 1. The first kappa shape index (κ1) is 42.6. The maximum absolute atomic E-state index is 12.2. The number of thioether (sulfide) groups is 1. The molecule has 1 aromatic heterocycles. The molecule has 2 saturated heterocycles. The van der Waals surface area contributed by atoms with Gasteiger partial charge in [0, 0.05) is 65.4 Å². The van der Waals surface area contributed by atoms with E-state index < -0.39 is 60.7 Å². The van der Waals surface area contributed by atoms with Crippen molar-refractivity contribution >= 4 is 52.8 Å². The average molecular weight is 816 g/mol. The quantitative estimate of drug-likeness (QED) is 0.0978. The van der Waals surface area contributed by atoms with Crippen LogP contribution >= 0.6 is 24.0 Å². The zero-order chi connectivity index (χ0) is 40.4. The first-order valence-electron chi connectivity index (χ1n) is 17.8. The molecule has 19 heteroatoms. The van der Waals surface area contributed by atoms with Crippen molar-refractivity contribution in [1.29, 1.82) is 0 Å². The number of benzene rings is 2. The summed E-state index contributed by atoms with van der Waals surface area (Å²) in [5, 5.41) is 25.1. The van der Waals surface area contributed by atoms with Gasteiger partial charge in [-0.05, 0) is 27.1 Å². The van der Waals surface area contributed by atoms with Crippen LogP contribution in [-0.2, 0) is 72.5 Å². The lowest BCUT2D eigenvalue weighted by atomic mass is 9.92. The maximum atomic E-state index is 12.2. The van der Waals surface area contributed by atoms with Crippen molar-refractivity contribution in [2.24, 2.45) is 7.05 Å². The summed E-state index contributed by atoms with van der Waals surface area (Å²) in [6, 6.07) is 15.3. The molecule has 3 heterocycles. The first-order chi connectivity index (χ1) is 26.8. The zero-order valence-corrected chi connectivity index (χ0v) is 33.2. The Bertz CT molecular complexity index is 1830. The highest BCUT2D eigenvalue weighted by Gasteiger charge is 2.52. The molecule has 8 atom stereocenters. The number of aromatic nitrogens is 4. The predicted octanol–water partition coefficient (Wildman–Crippen LogP) is 2.97. The minimum atomic E-state index is -1.28.